The molecule has 0 radical (unpaired) electrons. The highest BCUT2D eigenvalue weighted by Crippen LogP contribution is 2.22. The van der Waals surface area contributed by atoms with Crippen molar-refractivity contribution in [3.05, 3.63) is 42.5 Å². The molecule has 0 spiro atoms. The van der Waals surface area contributed by atoms with Crippen molar-refractivity contribution in [3.8, 4) is 5.75 Å². The van der Waals surface area contributed by atoms with Crippen LogP contribution in [0, 0.1) is 5.92 Å². The summed E-state index contributed by atoms with van der Waals surface area (Å²) in [6.45, 7) is 6.79. The molecule has 0 aliphatic rings. The lowest BCUT2D eigenvalue weighted by molar-refractivity contribution is -0.128. The van der Waals surface area contributed by atoms with Gasteiger partial charge in [-0.2, -0.15) is 0 Å². The summed E-state index contributed by atoms with van der Waals surface area (Å²) in [5.74, 6) is 1.13. The standard InChI is InChI=1S/C18H23NO2/c1-4-17(18(20)19-12-13(2)3)21-16-10-9-14-7-5-6-8-15(14)11-16/h5-11,13,17H,4,12H2,1-3H3,(H,19,20). The minimum absolute atomic E-state index is 0.0423. The van der Waals surface area contributed by atoms with Crippen LogP contribution in [0.15, 0.2) is 42.5 Å². The van der Waals surface area contributed by atoms with Gasteiger partial charge in [0.05, 0.1) is 0 Å². The average molecular weight is 285 g/mol. The molecule has 1 atom stereocenters. The molecule has 112 valence electrons. The smallest absolute Gasteiger partial charge is 0.261 e. The Morgan fingerprint density at radius 2 is 1.86 bits per heavy atom. The van der Waals surface area contributed by atoms with Crippen LogP contribution in [0.1, 0.15) is 27.2 Å². The van der Waals surface area contributed by atoms with Crippen LogP contribution in [-0.2, 0) is 4.79 Å². The van der Waals surface area contributed by atoms with Gasteiger partial charge in [-0.3, -0.25) is 4.79 Å². The highest BCUT2D eigenvalue weighted by atomic mass is 16.5. The number of benzene rings is 2. The van der Waals surface area contributed by atoms with E-state index in [1.807, 2.05) is 43.3 Å². The monoisotopic (exact) mass is 285 g/mol. The molecule has 0 saturated heterocycles. The topological polar surface area (TPSA) is 38.3 Å². The second kappa shape index (κ2) is 7.11. The van der Waals surface area contributed by atoms with Crippen molar-refractivity contribution in [2.24, 2.45) is 5.92 Å². The van der Waals surface area contributed by atoms with Gasteiger partial charge in [0.1, 0.15) is 5.75 Å². The fourth-order valence-electron chi connectivity index (χ4n) is 2.15. The van der Waals surface area contributed by atoms with Gasteiger partial charge in [-0.05, 0) is 35.2 Å². The van der Waals surface area contributed by atoms with Gasteiger partial charge in [0.25, 0.3) is 5.91 Å². The molecule has 1 N–H and O–H groups in total. The van der Waals surface area contributed by atoms with Crippen LogP contribution in [0.3, 0.4) is 0 Å². The molecule has 1 amide bonds. The fourth-order valence-corrected chi connectivity index (χ4v) is 2.15. The number of nitrogens with one attached hydrogen (secondary N) is 1. The Kier molecular flexibility index (Phi) is 5.20. The molecule has 1 unspecified atom stereocenters. The van der Waals surface area contributed by atoms with Crippen LogP contribution in [0.5, 0.6) is 5.75 Å². The Labute approximate surface area is 126 Å². The molecule has 0 aliphatic carbocycles. The molecule has 2 aromatic carbocycles. The lowest BCUT2D eigenvalue weighted by Crippen LogP contribution is -2.39. The van der Waals surface area contributed by atoms with E-state index in [2.05, 4.69) is 25.2 Å². The molecule has 0 heterocycles. The van der Waals surface area contributed by atoms with E-state index in [0.717, 1.165) is 11.1 Å². The molecule has 0 bridgehead atoms. The van der Waals surface area contributed by atoms with E-state index in [-0.39, 0.29) is 5.91 Å². The summed E-state index contributed by atoms with van der Waals surface area (Å²) >= 11 is 0. The highest BCUT2D eigenvalue weighted by molar-refractivity contribution is 5.84. The lowest BCUT2D eigenvalue weighted by atomic mass is 10.1. The largest absolute Gasteiger partial charge is 0.481 e. The maximum absolute atomic E-state index is 12.1. The third kappa shape index (κ3) is 4.22. The number of carbonyl (C=O) groups is 1. The third-order valence-corrected chi connectivity index (χ3v) is 3.35. The minimum atomic E-state index is -0.440. The van der Waals surface area contributed by atoms with E-state index in [1.165, 1.54) is 5.39 Å². The predicted molar refractivity (Wildman–Crippen MR) is 86.5 cm³/mol. The number of rotatable bonds is 6. The Morgan fingerprint density at radius 3 is 2.52 bits per heavy atom. The summed E-state index contributed by atoms with van der Waals surface area (Å²) in [5, 5.41) is 5.21. The average Bonchev–Trinajstić information content (AvgIpc) is 2.50. The van der Waals surface area contributed by atoms with Gasteiger partial charge in [0, 0.05) is 6.54 Å². The van der Waals surface area contributed by atoms with Crippen molar-refractivity contribution in [3.63, 3.8) is 0 Å². The van der Waals surface area contributed by atoms with Gasteiger partial charge >= 0.3 is 0 Å². The van der Waals surface area contributed by atoms with E-state index in [0.29, 0.717) is 18.9 Å². The Bertz CT molecular complexity index is 607. The summed E-state index contributed by atoms with van der Waals surface area (Å²) in [4.78, 5) is 12.1. The van der Waals surface area contributed by atoms with Crippen molar-refractivity contribution < 1.29 is 9.53 Å². The zero-order valence-corrected chi connectivity index (χ0v) is 12.9. The second-order valence-corrected chi connectivity index (χ2v) is 5.66. The first-order valence-electron chi connectivity index (χ1n) is 7.53. The maximum Gasteiger partial charge on any atom is 0.261 e. The third-order valence-electron chi connectivity index (χ3n) is 3.35. The molecule has 2 aromatic rings. The summed E-state index contributed by atoms with van der Waals surface area (Å²) in [5.41, 5.74) is 0. The number of hydrogen-bond donors (Lipinski definition) is 1. The first-order valence-corrected chi connectivity index (χ1v) is 7.53. The first kappa shape index (κ1) is 15.4. The van der Waals surface area contributed by atoms with Crippen molar-refractivity contribution in [2.75, 3.05) is 6.54 Å². The first-order chi connectivity index (χ1) is 10.1. The molecule has 0 aromatic heterocycles. The van der Waals surface area contributed by atoms with Crippen LogP contribution >= 0.6 is 0 Å². The quantitative estimate of drug-likeness (QED) is 0.877. The van der Waals surface area contributed by atoms with Crippen LogP contribution < -0.4 is 10.1 Å². The SMILES string of the molecule is CCC(Oc1ccc2ccccc2c1)C(=O)NCC(C)C. The number of hydrogen-bond acceptors (Lipinski definition) is 2. The fraction of sp³-hybridized carbons (Fsp3) is 0.389. The molecule has 3 heteroatoms. The summed E-state index contributed by atoms with van der Waals surface area (Å²) < 4.78 is 5.85. The Balaban J connectivity index is 2.07. The van der Waals surface area contributed by atoms with E-state index < -0.39 is 6.10 Å². The summed E-state index contributed by atoms with van der Waals surface area (Å²) in [6.07, 6.45) is 0.210. The lowest BCUT2D eigenvalue weighted by Gasteiger charge is -2.18. The van der Waals surface area contributed by atoms with Crippen LogP contribution in [0.4, 0.5) is 0 Å². The van der Waals surface area contributed by atoms with E-state index in [9.17, 15) is 4.79 Å². The van der Waals surface area contributed by atoms with Gasteiger partial charge in [-0.1, -0.05) is 51.1 Å². The number of ether oxygens (including phenoxy) is 1. The van der Waals surface area contributed by atoms with Crippen molar-refractivity contribution in [2.45, 2.75) is 33.3 Å². The van der Waals surface area contributed by atoms with Crippen LogP contribution in [0.2, 0.25) is 0 Å². The van der Waals surface area contributed by atoms with Gasteiger partial charge in [0.2, 0.25) is 0 Å². The maximum atomic E-state index is 12.1. The highest BCUT2D eigenvalue weighted by Gasteiger charge is 2.18. The Morgan fingerprint density at radius 1 is 1.14 bits per heavy atom. The molecule has 3 nitrogen and oxygen atoms in total. The number of fused-ring (bicyclic) bond motifs is 1. The molecule has 21 heavy (non-hydrogen) atoms. The zero-order valence-electron chi connectivity index (χ0n) is 12.9. The van der Waals surface area contributed by atoms with Crippen molar-refractivity contribution >= 4 is 16.7 Å². The normalized spacial score (nSPS) is 12.4. The zero-order chi connectivity index (χ0) is 15.2. The van der Waals surface area contributed by atoms with Gasteiger partial charge < -0.3 is 10.1 Å². The molecule has 0 aliphatic heterocycles. The van der Waals surface area contributed by atoms with Gasteiger partial charge in [-0.15, -0.1) is 0 Å². The molecule has 0 fully saturated rings. The van der Waals surface area contributed by atoms with Crippen LogP contribution in [0.25, 0.3) is 10.8 Å². The van der Waals surface area contributed by atoms with Crippen LogP contribution in [-0.4, -0.2) is 18.6 Å². The second-order valence-electron chi connectivity index (χ2n) is 5.66. The van der Waals surface area contributed by atoms with Crippen molar-refractivity contribution in [1.82, 2.24) is 5.32 Å². The molecular formula is C18H23NO2. The van der Waals surface area contributed by atoms with Gasteiger partial charge in [-0.25, -0.2) is 0 Å². The summed E-state index contributed by atoms with van der Waals surface area (Å²) in [6, 6.07) is 14.0. The predicted octanol–water partition coefficient (Wildman–Crippen LogP) is 3.77. The Hall–Kier alpha value is -2.03. The molecular weight excluding hydrogens is 262 g/mol. The van der Waals surface area contributed by atoms with E-state index >= 15 is 0 Å². The van der Waals surface area contributed by atoms with Crippen molar-refractivity contribution in [1.29, 1.82) is 0 Å². The number of carbonyl (C=O) groups excluding carboxylic acids is 1. The van der Waals surface area contributed by atoms with Gasteiger partial charge in [0.15, 0.2) is 6.10 Å². The molecule has 2 rings (SSSR count). The van der Waals surface area contributed by atoms with E-state index in [1.54, 1.807) is 0 Å². The number of amides is 1. The van der Waals surface area contributed by atoms with E-state index in [4.69, 9.17) is 4.74 Å². The minimum Gasteiger partial charge on any atom is -0.481 e. The molecule has 0 saturated carbocycles. The summed E-state index contributed by atoms with van der Waals surface area (Å²) in [7, 11) is 0.